The Morgan fingerprint density at radius 1 is 1.06 bits per heavy atom. The van der Waals surface area contributed by atoms with Crippen molar-refractivity contribution in [1.29, 1.82) is 0 Å². The third-order valence-corrected chi connectivity index (χ3v) is 15.3. The Bertz CT molecular complexity index is 1670. The highest BCUT2D eigenvalue weighted by Gasteiger charge is 2.39. The number of carbonyl (C=O) groups excluding carboxylic acids is 4. The maximum atomic E-state index is 13.7. The molecule has 14 heteroatoms. The molecule has 3 rings (SSSR count). The van der Waals surface area contributed by atoms with Crippen molar-refractivity contribution in [2.45, 2.75) is 116 Å². The minimum atomic E-state index is -2.02. The van der Waals surface area contributed by atoms with Crippen molar-refractivity contribution < 1.29 is 28.3 Å². The van der Waals surface area contributed by atoms with Crippen LogP contribution in [-0.4, -0.2) is 76.3 Å². The molecule has 2 aromatic rings. The second kappa shape index (κ2) is 17.9. The van der Waals surface area contributed by atoms with Crippen LogP contribution in [0.3, 0.4) is 0 Å². The summed E-state index contributed by atoms with van der Waals surface area (Å²) in [5.74, 6) is -2.08. The number of Topliss-reactive ketones (excluding diaryl/α,β-unsaturated/α-hetero) is 1. The minimum absolute atomic E-state index is 0.00298. The van der Waals surface area contributed by atoms with Crippen LogP contribution in [0.4, 0.5) is 0 Å². The zero-order valence-electron chi connectivity index (χ0n) is 33.0. The summed E-state index contributed by atoms with van der Waals surface area (Å²) in [5.41, 5.74) is 0.789. The molecule has 2 heterocycles. The zero-order chi connectivity index (χ0) is 40.1. The maximum absolute atomic E-state index is 13.7. The fraction of sp³-hybridized carbons (Fsp3) is 0.641. The lowest BCUT2D eigenvalue weighted by Gasteiger charge is -2.38. The molecule has 0 aliphatic carbocycles. The molecule has 4 atom stereocenters. The number of aromatic nitrogens is 2. The molecule has 1 aromatic carbocycles. The smallest absolute Gasteiger partial charge is 0.310 e. The highest BCUT2D eigenvalue weighted by molar-refractivity contribution is 6.74. The Hall–Kier alpha value is -2.57. The van der Waals surface area contributed by atoms with E-state index in [0.717, 1.165) is 16.5 Å². The number of halogens is 3. The van der Waals surface area contributed by atoms with E-state index in [1.54, 1.807) is 11.8 Å². The number of rotatable bonds is 14. The van der Waals surface area contributed by atoms with Crippen LogP contribution in [0, 0.1) is 23.2 Å². The summed E-state index contributed by atoms with van der Waals surface area (Å²) in [4.78, 5) is 64.1. The lowest BCUT2D eigenvalue weighted by Crippen LogP contribution is -2.52. The largest absolute Gasteiger partial charge is 0.461 e. The first-order valence-electron chi connectivity index (χ1n) is 18.3. The summed E-state index contributed by atoms with van der Waals surface area (Å²) < 4.78 is 9.93. The van der Waals surface area contributed by atoms with Gasteiger partial charge in [-0.15, -0.1) is 0 Å². The number of likely N-dealkylation sites (tertiary alicyclic amines) is 1. The number of alkyl halides is 3. The second-order valence-corrected chi connectivity index (χ2v) is 23.9. The minimum Gasteiger partial charge on any atom is -0.461 e. The summed E-state index contributed by atoms with van der Waals surface area (Å²) in [6.07, 6.45) is 6.44. The average Bonchev–Trinajstić information content (AvgIpc) is 3.06. The van der Waals surface area contributed by atoms with Crippen molar-refractivity contribution in [2.24, 2.45) is 23.2 Å². The van der Waals surface area contributed by atoms with Gasteiger partial charge in [-0.05, 0) is 76.2 Å². The molecular weight excluding hydrogens is 755 g/mol. The predicted octanol–water partition coefficient (Wildman–Crippen LogP) is 8.64. The lowest BCUT2D eigenvalue weighted by molar-refractivity contribution is -0.152. The molecule has 0 radical (unpaired) electrons. The highest BCUT2D eigenvalue weighted by atomic mass is 35.6. The van der Waals surface area contributed by atoms with Crippen molar-refractivity contribution in [1.82, 2.24) is 20.2 Å². The second-order valence-electron chi connectivity index (χ2n) is 16.7. The van der Waals surface area contributed by atoms with Gasteiger partial charge in [0.05, 0.1) is 11.4 Å². The SMILES string of the molecule is CC(O[Si](C)(C)C(C)(C)C)c1ncc2ccc(/C=C/C(C)(C)C(=O)C[C@H](C(=O)N[C@@H](C)C(=O)N3CCC[C@@H](C(=O)OCC(Cl)(Cl)Cl)C3)C(C)C)cc2n1. The number of esters is 1. The monoisotopic (exact) mass is 810 g/mol. The molecule has 1 unspecified atom stereocenters. The van der Waals surface area contributed by atoms with Crippen molar-refractivity contribution in [2.75, 3.05) is 19.7 Å². The molecule has 2 amide bonds. The van der Waals surface area contributed by atoms with Crippen molar-refractivity contribution in [3.8, 4) is 0 Å². The van der Waals surface area contributed by atoms with Crippen LogP contribution in [0.2, 0.25) is 18.1 Å². The standard InChI is InChI=1S/C39H57Cl3N4O6Si/c1-24(2)30(34(48)44-25(3)35(49)46-18-12-13-29(22-46)36(50)51-23-39(40,41)42)20-32(47)38(8,9)17-16-27-14-15-28-21-43-33(45-31(28)19-27)26(4)52-53(10,11)37(5,6)7/h14-17,19,21,24-26,29-30H,12-13,18,20,22-23H2,1-11H3,(H,44,48)/b17-16+/t25-,26?,29+,30-/m0/s1. The van der Waals surface area contributed by atoms with Gasteiger partial charge in [0.2, 0.25) is 15.6 Å². The third kappa shape index (κ3) is 12.7. The number of benzene rings is 1. The van der Waals surface area contributed by atoms with Gasteiger partial charge in [0, 0.05) is 42.4 Å². The Morgan fingerprint density at radius 2 is 1.72 bits per heavy atom. The number of fused-ring (bicyclic) bond motifs is 1. The number of hydrogen-bond acceptors (Lipinski definition) is 8. The summed E-state index contributed by atoms with van der Waals surface area (Å²) in [5, 5.41) is 3.79. The van der Waals surface area contributed by atoms with Crippen molar-refractivity contribution in [3.63, 3.8) is 0 Å². The van der Waals surface area contributed by atoms with E-state index in [1.807, 2.05) is 71.2 Å². The van der Waals surface area contributed by atoms with Gasteiger partial charge in [-0.25, -0.2) is 9.97 Å². The summed E-state index contributed by atoms with van der Waals surface area (Å²) >= 11 is 17.1. The highest BCUT2D eigenvalue weighted by Crippen LogP contribution is 2.39. The quantitative estimate of drug-likeness (QED) is 0.114. The molecule has 0 saturated carbocycles. The average molecular weight is 812 g/mol. The molecule has 1 saturated heterocycles. The van der Waals surface area contributed by atoms with Crippen LogP contribution < -0.4 is 5.32 Å². The Kier molecular flexibility index (Phi) is 15.2. The van der Waals surface area contributed by atoms with Crippen molar-refractivity contribution in [3.05, 3.63) is 41.9 Å². The molecule has 0 bridgehead atoms. The van der Waals surface area contributed by atoms with Crippen LogP contribution in [0.5, 0.6) is 0 Å². The lowest BCUT2D eigenvalue weighted by atomic mass is 9.79. The number of amides is 2. The van der Waals surface area contributed by atoms with Crippen LogP contribution in [-0.2, 0) is 28.3 Å². The molecule has 1 N–H and O–H groups in total. The number of ketones is 1. The van der Waals surface area contributed by atoms with Crippen LogP contribution >= 0.6 is 34.8 Å². The molecule has 294 valence electrons. The van der Waals surface area contributed by atoms with Gasteiger partial charge >= 0.3 is 5.97 Å². The van der Waals surface area contributed by atoms with E-state index in [9.17, 15) is 19.2 Å². The van der Waals surface area contributed by atoms with E-state index < -0.39 is 41.4 Å². The van der Waals surface area contributed by atoms with Gasteiger partial charge in [0.25, 0.3) is 0 Å². The van der Waals surface area contributed by atoms with Crippen LogP contribution in [0.25, 0.3) is 17.0 Å². The molecule has 1 fully saturated rings. The summed E-state index contributed by atoms with van der Waals surface area (Å²) in [6, 6.07) is 5.02. The molecule has 1 aliphatic rings. The fourth-order valence-electron chi connectivity index (χ4n) is 5.81. The first-order chi connectivity index (χ1) is 24.3. The van der Waals surface area contributed by atoms with Gasteiger partial charge in [-0.1, -0.05) is 93.7 Å². The molecule has 53 heavy (non-hydrogen) atoms. The summed E-state index contributed by atoms with van der Waals surface area (Å²) in [7, 11) is -2.02. The zero-order valence-corrected chi connectivity index (χ0v) is 36.3. The first kappa shape index (κ1) is 44.8. The number of nitrogens with zero attached hydrogens (tertiary/aromatic N) is 3. The number of nitrogens with one attached hydrogen (secondary N) is 1. The van der Waals surface area contributed by atoms with Gasteiger partial charge in [-0.3, -0.25) is 19.2 Å². The Labute approximate surface area is 331 Å². The number of carbonyl (C=O) groups is 4. The van der Waals surface area contributed by atoms with Crippen LogP contribution in [0.15, 0.2) is 30.5 Å². The van der Waals surface area contributed by atoms with Gasteiger partial charge in [-0.2, -0.15) is 0 Å². The maximum Gasteiger partial charge on any atom is 0.310 e. The number of piperidine rings is 1. The molecular formula is C39H57Cl3N4O6Si. The predicted molar refractivity (Wildman–Crippen MR) is 215 cm³/mol. The Balaban J connectivity index is 1.65. The molecule has 10 nitrogen and oxygen atoms in total. The van der Waals surface area contributed by atoms with E-state index >= 15 is 0 Å². The third-order valence-electron chi connectivity index (χ3n) is 10.4. The topological polar surface area (TPSA) is 128 Å². The number of allylic oxidation sites excluding steroid dienone is 1. The molecule has 0 spiro atoms. The normalized spacial score (nSPS) is 17.9. The van der Waals surface area contributed by atoms with Crippen molar-refractivity contribution >= 4 is 83.7 Å². The van der Waals surface area contributed by atoms with E-state index in [0.29, 0.717) is 25.2 Å². The van der Waals surface area contributed by atoms with E-state index in [4.69, 9.17) is 48.9 Å². The fourth-order valence-corrected chi connectivity index (χ4v) is 7.32. The van der Waals surface area contributed by atoms with Crippen LogP contribution in [0.1, 0.15) is 99.1 Å². The number of ether oxygens (including phenoxy) is 1. The molecule has 1 aliphatic heterocycles. The van der Waals surface area contributed by atoms with E-state index in [1.165, 1.54) is 0 Å². The van der Waals surface area contributed by atoms with E-state index in [2.05, 4.69) is 44.2 Å². The van der Waals surface area contributed by atoms with E-state index in [-0.39, 0.29) is 54.2 Å². The Morgan fingerprint density at radius 3 is 2.32 bits per heavy atom. The van der Waals surface area contributed by atoms with Gasteiger partial charge in [0.15, 0.2) is 14.1 Å². The van der Waals surface area contributed by atoms with Gasteiger partial charge in [0.1, 0.15) is 24.5 Å². The number of hydrogen-bond donors (Lipinski definition) is 1. The first-order valence-corrected chi connectivity index (χ1v) is 22.3. The summed E-state index contributed by atoms with van der Waals surface area (Å²) in [6.45, 7) is 22.2. The molecule has 1 aromatic heterocycles. The van der Waals surface area contributed by atoms with Gasteiger partial charge < -0.3 is 19.4 Å².